The van der Waals surface area contributed by atoms with Crippen LogP contribution in [0, 0.1) is 5.41 Å². The molecule has 4 heteroatoms. The van der Waals surface area contributed by atoms with Crippen LogP contribution in [0.2, 0.25) is 5.02 Å². The second-order valence-corrected chi connectivity index (χ2v) is 8.51. The van der Waals surface area contributed by atoms with Crippen LogP contribution in [-0.4, -0.2) is 11.1 Å². The number of halogens is 1. The smallest absolute Gasteiger partial charge is 0.316 e. The molecule has 0 fully saturated rings. The number of benzene rings is 4. The number of rotatable bonds is 2. The van der Waals surface area contributed by atoms with E-state index in [1.165, 1.54) is 0 Å². The average Bonchev–Trinajstić information content (AvgIpc) is 2.69. The molecule has 29 heavy (non-hydrogen) atoms. The second kappa shape index (κ2) is 7.09. The topological polar surface area (TPSA) is 46.5 Å². The largest absolute Gasteiger partial charge is 0.506 e. The Kier molecular flexibility index (Phi) is 4.71. The normalized spacial score (nSPS) is 11.7. The van der Waals surface area contributed by atoms with Crippen molar-refractivity contribution in [1.29, 1.82) is 0 Å². The van der Waals surface area contributed by atoms with Crippen LogP contribution in [0.25, 0.3) is 32.7 Å². The number of phenolic OH excluding ortho intramolecular Hbond substituents is 1. The summed E-state index contributed by atoms with van der Waals surface area (Å²) in [4.78, 5) is 12.7. The molecular formula is C25H21ClO3. The highest BCUT2D eigenvalue weighted by atomic mass is 35.5. The van der Waals surface area contributed by atoms with E-state index in [1.807, 2.05) is 75.4 Å². The van der Waals surface area contributed by atoms with E-state index in [4.69, 9.17) is 16.3 Å². The molecule has 0 atom stereocenters. The maximum absolute atomic E-state index is 12.7. The summed E-state index contributed by atoms with van der Waals surface area (Å²) < 4.78 is 5.82. The van der Waals surface area contributed by atoms with Crippen LogP contribution in [0.4, 0.5) is 0 Å². The van der Waals surface area contributed by atoms with Gasteiger partial charge in [-0.15, -0.1) is 0 Å². The van der Waals surface area contributed by atoms with Crippen molar-refractivity contribution >= 4 is 39.1 Å². The maximum atomic E-state index is 12.7. The molecule has 0 saturated carbocycles. The van der Waals surface area contributed by atoms with E-state index in [0.717, 1.165) is 21.5 Å². The molecule has 4 rings (SSSR count). The predicted octanol–water partition coefficient (Wildman–Crippen LogP) is 6.97. The Hall–Kier alpha value is -3.04. The first kappa shape index (κ1) is 19.3. The monoisotopic (exact) mass is 404 g/mol. The molecule has 4 aromatic carbocycles. The van der Waals surface area contributed by atoms with Gasteiger partial charge < -0.3 is 9.84 Å². The fraction of sp³-hybridized carbons (Fsp3) is 0.160. The van der Waals surface area contributed by atoms with E-state index in [0.29, 0.717) is 16.9 Å². The van der Waals surface area contributed by atoms with E-state index in [-0.39, 0.29) is 16.7 Å². The first-order valence-electron chi connectivity index (χ1n) is 9.42. The Balaban J connectivity index is 2.11. The highest BCUT2D eigenvalue weighted by molar-refractivity contribution is 6.34. The van der Waals surface area contributed by atoms with E-state index >= 15 is 0 Å². The highest BCUT2D eigenvalue weighted by Crippen LogP contribution is 2.47. The molecule has 0 heterocycles. The van der Waals surface area contributed by atoms with Gasteiger partial charge >= 0.3 is 5.97 Å². The Morgan fingerprint density at radius 1 is 0.862 bits per heavy atom. The number of carbonyl (C=O) groups excluding carboxylic acids is 1. The van der Waals surface area contributed by atoms with Crippen LogP contribution in [0.3, 0.4) is 0 Å². The minimum atomic E-state index is -0.665. The molecule has 1 N–H and O–H groups in total. The Bertz CT molecular complexity index is 1250. The number of ether oxygens (including phenoxy) is 1. The lowest BCUT2D eigenvalue weighted by atomic mass is 9.92. The molecule has 0 aliphatic rings. The summed E-state index contributed by atoms with van der Waals surface area (Å²) >= 11 is 6.37. The molecule has 0 saturated heterocycles. The van der Waals surface area contributed by atoms with Gasteiger partial charge in [-0.1, -0.05) is 66.2 Å². The Labute approximate surface area is 174 Å². The minimum absolute atomic E-state index is 0.0326. The lowest BCUT2D eigenvalue weighted by Crippen LogP contribution is -2.25. The standard InChI is InChI=1S/C25H21ClO3/c1-25(2,3)24(28)29-20-13-12-15-8-4-6-10-17(15)21(20)22-18-11-7-5-9-16(18)14-19(26)23(22)27/h4-14,27H,1-3H3. The average molecular weight is 405 g/mol. The zero-order valence-electron chi connectivity index (χ0n) is 16.5. The van der Waals surface area contributed by atoms with Gasteiger partial charge in [0.05, 0.1) is 10.4 Å². The van der Waals surface area contributed by atoms with Crippen molar-refractivity contribution in [2.75, 3.05) is 0 Å². The van der Waals surface area contributed by atoms with Crippen LogP contribution in [0.1, 0.15) is 20.8 Å². The molecule has 0 aromatic heterocycles. The van der Waals surface area contributed by atoms with Crippen LogP contribution < -0.4 is 4.74 Å². The third kappa shape index (κ3) is 3.43. The molecule has 0 aliphatic carbocycles. The quantitative estimate of drug-likeness (QED) is 0.290. The lowest BCUT2D eigenvalue weighted by Gasteiger charge is -2.21. The van der Waals surface area contributed by atoms with E-state index in [9.17, 15) is 9.90 Å². The van der Waals surface area contributed by atoms with E-state index in [2.05, 4.69) is 0 Å². The predicted molar refractivity (Wildman–Crippen MR) is 119 cm³/mol. The van der Waals surface area contributed by atoms with Crippen LogP contribution >= 0.6 is 11.6 Å². The fourth-order valence-corrected chi connectivity index (χ4v) is 3.61. The summed E-state index contributed by atoms with van der Waals surface area (Å²) in [5.74, 6) is 0.0148. The van der Waals surface area contributed by atoms with Gasteiger partial charge in [0.1, 0.15) is 11.5 Å². The van der Waals surface area contributed by atoms with Crippen molar-refractivity contribution in [2.45, 2.75) is 20.8 Å². The Morgan fingerprint density at radius 3 is 2.10 bits per heavy atom. The van der Waals surface area contributed by atoms with Crippen molar-refractivity contribution in [1.82, 2.24) is 0 Å². The first-order chi connectivity index (χ1) is 13.8. The van der Waals surface area contributed by atoms with Gasteiger partial charge in [-0.2, -0.15) is 0 Å². The summed E-state index contributed by atoms with van der Waals surface area (Å²) in [6.07, 6.45) is 0. The third-order valence-electron chi connectivity index (χ3n) is 4.93. The maximum Gasteiger partial charge on any atom is 0.316 e. The molecule has 146 valence electrons. The Morgan fingerprint density at radius 2 is 1.45 bits per heavy atom. The van der Waals surface area contributed by atoms with Crippen molar-refractivity contribution in [3.63, 3.8) is 0 Å². The van der Waals surface area contributed by atoms with Crippen LogP contribution in [-0.2, 0) is 4.79 Å². The van der Waals surface area contributed by atoms with E-state index < -0.39 is 5.41 Å². The van der Waals surface area contributed by atoms with Gasteiger partial charge in [-0.25, -0.2) is 0 Å². The summed E-state index contributed by atoms with van der Waals surface area (Å²) in [5.41, 5.74) is 0.542. The van der Waals surface area contributed by atoms with Gasteiger partial charge in [0, 0.05) is 11.1 Å². The van der Waals surface area contributed by atoms with Crippen LogP contribution in [0.15, 0.2) is 66.7 Å². The number of hydrogen-bond donors (Lipinski definition) is 1. The van der Waals surface area contributed by atoms with Crippen LogP contribution in [0.5, 0.6) is 11.5 Å². The SMILES string of the molecule is CC(C)(C)C(=O)Oc1ccc2ccccc2c1-c1c(O)c(Cl)cc2ccccc12. The van der Waals surface area contributed by atoms with Gasteiger partial charge in [0.25, 0.3) is 0 Å². The first-order valence-corrected chi connectivity index (χ1v) is 9.80. The molecule has 0 radical (unpaired) electrons. The lowest BCUT2D eigenvalue weighted by molar-refractivity contribution is -0.142. The number of phenols is 1. The highest BCUT2D eigenvalue weighted by Gasteiger charge is 2.27. The third-order valence-corrected chi connectivity index (χ3v) is 5.22. The molecular weight excluding hydrogens is 384 g/mol. The number of hydrogen-bond acceptors (Lipinski definition) is 3. The summed E-state index contributed by atoms with van der Waals surface area (Å²) in [7, 11) is 0. The molecule has 3 nitrogen and oxygen atoms in total. The number of carbonyl (C=O) groups is 1. The van der Waals surface area contributed by atoms with Gasteiger partial charge in [-0.05, 0) is 54.4 Å². The second-order valence-electron chi connectivity index (χ2n) is 8.10. The van der Waals surface area contributed by atoms with Gasteiger partial charge in [0.15, 0.2) is 0 Å². The number of aromatic hydroxyl groups is 1. The van der Waals surface area contributed by atoms with Crippen molar-refractivity contribution in [3.8, 4) is 22.6 Å². The summed E-state index contributed by atoms with van der Waals surface area (Å²) in [5, 5.41) is 14.8. The molecule has 0 aliphatic heterocycles. The van der Waals surface area contributed by atoms with Gasteiger partial charge in [-0.3, -0.25) is 4.79 Å². The molecule has 4 aromatic rings. The summed E-state index contributed by atoms with van der Waals surface area (Å²) in [6, 6.07) is 20.9. The summed E-state index contributed by atoms with van der Waals surface area (Å²) in [6.45, 7) is 5.42. The zero-order chi connectivity index (χ0) is 20.8. The molecule has 0 spiro atoms. The molecule has 0 bridgehead atoms. The zero-order valence-corrected chi connectivity index (χ0v) is 17.2. The number of esters is 1. The molecule has 0 unspecified atom stereocenters. The van der Waals surface area contributed by atoms with Crippen molar-refractivity contribution in [2.24, 2.45) is 5.41 Å². The minimum Gasteiger partial charge on any atom is -0.506 e. The van der Waals surface area contributed by atoms with Crippen molar-refractivity contribution < 1.29 is 14.6 Å². The van der Waals surface area contributed by atoms with E-state index in [1.54, 1.807) is 12.1 Å². The van der Waals surface area contributed by atoms with Gasteiger partial charge in [0.2, 0.25) is 0 Å². The number of fused-ring (bicyclic) bond motifs is 2. The molecule has 0 amide bonds. The van der Waals surface area contributed by atoms with Crippen molar-refractivity contribution in [3.05, 3.63) is 71.8 Å². The fourth-order valence-electron chi connectivity index (χ4n) is 3.40.